The van der Waals surface area contributed by atoms with Crippen LogP contribution in [0.3, 0.4) is 0 Å². The summed E-state index contributed by atoms with van der Waals surface area (Å²) < 4.78 is 0. The topological polar surface area (TPSA) is 36.4 Å². The normalized spacial score (nSPS) is 27.1. The number of thiazole rings is 1. The van der Waals surface area contributed by atoms with Crippen molar-refractivity contribution in [1.82, 2.24) is 4.98 Å². The van der Waals surface area contributed by atoms with Gasteiger partial charge in [-0.25, -0.2) is 4.98 Å². The maximum absolute atomic E-state index is 10.0. The molecule has 3 nitrogen and oxygen atoms in total. The smallest absolute Gasteiger partial charge is 0.185 e. The van der Waals surface area contributed by atoms with E-state index in [1.165, 1.54) is 12.8 Å². The van der Waals surface area contributed by atoms with Gasteiger partial charge in [-0.2, -0.15) is 0 Å². The number of aromatic nitrogens is 1. The maximum atomic E-state index is 10.0. The first-order valence-electron chi connectivity index (χ1n) is 6.98. The molecule has 0 amide bonds. The third-order valence-corrected chi connectivity index (χ3v) is 5.56. The average molecular weight is 266 g/mol. The van der Waals surface area contributed by atoms with Gasteiger partial charge < -0.3 is 10.0 Å². The van der Waals surface area contributed by atoms with Crippen molar-refractivity contribution in [1.29, 1.82) is 0 Å². The van der Waals surface area contributed by atoms with Crippen molar-refractivity contribution in [2.45, 2.75) is 52.1 Å². The van der Waals surface area contributed by atoms with Gasteiger partial charge in [-0.1, -0.05) is 25.2 Å². The van der Waals surface area contributed by atoms with Crippen LogP contribution in [0.1, 0.15) is 56.2 Å². The fourth-order valence-corrected chi connectivity index (χ4v) is 4.01. The summed E-state index contributed by atoms with van der Waals surface area (Å²) in [6.07, 6.45) is 5.23. The summed E-state index contributed by atoms with van der Waals surface area (Å²) in [4.78, 5) is 8.29. The highest BCUT2D eigenvalue weighted by molar-refractivity contribution is 7.15. The quantitative estimate of drug-likeness (QED) is 0.848. The molecular formula is C14H22N2OS. The first kappa shape index (κ1) is 12.4. The van der Waals surface area contributed by atoms with Crippen LogP contribution in [0, 0.1) is 5.41 Å². The number of rotatable bonds is 1. The van der Waals surface area contributed by atoms with E-state index in [2.05, 4.69) is 18.7 Å². The minimum atomic E-state index is -0.263. The molecule has 0 bridgehead atoms. The van der Waals surface area contributed by atoms with Gasteiger partial charge in [-0.15, -0.1) is 0 Å². The highest BCUT2D eigenvalue weighted by atomic mass is 32.1. The number of aryl methyl sites for hydroxylation is 1. The number of fused-ring (bicyclic) bond motifs is 1. The number of hydrogen-bond donors (Lipinski definition) is 1. The maximum Gasteiger partial charge on any atom is 0.185 e. The number of hydrogen-bond acceptors (Lipinski definition) is 4. The zero-order chi connectivity index (χ0) is 12.8. The van der Waals surface area contributed by atoms with Crippen LogP contribution in [0.25, 0.3) is 0 Å². The van der Waals surface area contributed by atoms with Crippen molar-refractivity contribution in [3.63, 3.8) is 0 Å². The minimum absolute atomic E-state index is 0.263. The van der Waals surface area contributed by atoms with E-state index >= 15 is 0 Å². The number of piperidine rings is 1. The third kappa shape index (κ3) is 2.28. The highest BCUT2D eigenvalue weighted by Gasteiger charge is 2.29. The molecule has 2 aliphatic rings. The molecule has 1 saturated heterocycles. The van der Waals surface area contributed by atoms with Gasteiger partial charge in [0.15, 0.2) is 5.13 Å². The molecule has 0 saturated carbocycles. The van der Waals surface area contributed by atoms with Crippen LogP contribution in [0.4, 0.5) is 5.13 Å². The average Bonchev–Trinajstić information content (AvgIpc) is 2.74. The molecule has 0 aromatic carbocycles. The molecule has 1 fully saturated rings. The van der Waals surface area contributed by atoms with Crippen LogP contribution in [0.5, 0.6) is 0 Å². The second-order valence-electron chi connectivity index (χ2n) is 6.37. The van der Waals surface area contributed by atoms with Gasteiger partial charge in [0, 0.05) is 13.1 Å². The lowest BCUT2D eigenvalue weighted by Gasteiger charge is -2.36. The molecule has 1 unspecified atom stereocenters. The van der Waals surface area contributed by atoms with Gasteiger partial charge in [0.05, 0.1) is 16.7 Å². The van der Waals surface area contributed by atoms with Crippen LogP contribution in [-0.4, -0.2) is 23.2 Å². The Morgan fingerprint density at radius 1 is 1.33 bits per heavy atom. The Labute approximate surface area is 113 Å². The van der Waals surface area contributed by atoms with Crippen molar-refractivity contribution < 1.29 is 5.11 Å². The van der Waals surface area contributed by atoms with Gasteiger partial charge in [0.1, 0.15) is 0 Å². The molecule has 100 valence electrons. The monoisotopic (exact) mass is 266 g/mol. The molecule has 2 heterocycles. The van der Waals surface area contributed by atoms with E-state index in [4.69, 9.17) is 4.98 Å². The molecule has 0 spiro atoms. The van der Waals surface area contributed by atoms with Gasteiger partial charge in [0.25, 0.3) is 0 Å². The lowest BCUT2D eigenvalue weighted by atomic mass is 9.83. The van der Waals surface area contributed by atoms with E-state index in [-0.39, 0.29) is 6.10 Å². The molecule has 1 aliphatic heterocycles. The second-order valence-corrected chi connectivity index (χ2v) is 7.38. The minimum Gasteiger partial charge on any atom is -0.388 e. The Bertz CT molecular complexity index is 431. The van der Waals surface area contributed by atoms with Crippen molar-refractivity contribution in [2.75, 3.05) is 18.0 Å². The van der Waals surface area contributed by atoms with E-state index in [0.29, 0.717) is 5.41 Å². The Morgan fingerprint density at radius 2 is 2.06 bits per heavy atom. The van der Waals surface area contributed by atoms with Gasteiger partial charge in [-0.3, -0.25) is 0 Å². The first-order chi connectivity index (χ1) is 8.55. The second kappa shape index (κ2) is 4.49. The molecule has 1 N–H and O–H groups in total. The lowest BCUT2D eigenvalue weighted by Crippen LogP contribution is -2.37. The number of aliphatic hydroxyl groups excluding tert-OH is 1. The van der Waals surface area contributed by atoms with Gasteiger partial charge in [-0.05, 0) is 37.5 Å². The Hall–Kier alpha value is -0.610. The molecule has 1 atom stereocenters. The SMILES string of the molecule is CC1(C)CCN(c2nc3c(s2)C(O)CCC3)CC1. The van der Waals surface area contributed by atoms with E-state index in [1.807, 2.05) is 0 Å². The standard InChI is InChI=1S/C14H22N2OS/c1-14(2)6-8-16(9-7-14)13-15-10-4-3-5-11(17)12(10)18-13/h11,17H,3-9H2,1-2H3. The van der Waals surface area contributed by atoms with E-state index in [0.717, 1.165) is 48.1 Å². The Morgan fingerprint density at radius 3 is 2.72 bits per heavy atom. The first-order valence-corrected chi connectivity index (χ1v) is 7.79. The summed E-state index contributed by atoms with van der Waals surface area (Å²) in [5.74, 6) is 0. The number of aliphatic hydroxyl groups is 1. The van der Waals surface area contributed by atoms with E-state index < -0.39 is 0 Å². The Balaban J connectivity index is 1.78. The molecule has 4 heteroatoms. The Kier molecular flexibility index (Phi) is 3.10. The molecule has 1 aromatic heterocycles. The number of anilines is 1. The third-order valence-electron chi connectivity index (χ3n) is 4.30. The fraction of sp³-hybridized carbons (Fsp3) is 0.786. The van der Waals surface area contributed by atoms with Crippen LogP contribution >= 0.6 is 11.3 Å². The summed E-state index contributed by atoms with van der Waals surface area (Å²) >= 11 is 1.71. The van der Waals surface area contributed by atoms with Crippen molar-refractivity contribution in [3.05, 3.63) is 10.6 Å². The molecule has 18 heavy (non-hydrogen) atoms. The van der Waals surface area contributed by atoms with E-state index in [9.17, 15) is 5.11 Å². The van der Waals surface area contributed by atoms with Gasteiger partial charge in [0.2, 0.25) is 0 Å². The molecule has 1 aliphatic carbocycles. The predicted molar refractivity (Wildman–Crippen MR) is 75.2 cm³/mol. The summed E-state index contributed by atoms with van der Waals surface area (Å²) in [7, 11) is 0. The van der Waals surface area contributed by atoms with Crippen LogP contribution < -0.4 is 4.90 Å². The molecule has 0 radical (unpaired) electrons. The molecule has 1 aromatic rings. The highest BCUT2D eigenvalue weighted by Crippen LogP contribution is 2.39. The van der Waals surface area contributed by atoms with Crippen molar-refractivity contribution in [3.8, 4) is 0 Å². The van der Waals surface area contributed by atoms with Crippen LogP contribution in [0.15, 0.2) is 0 Å². The largest absolute Gasteiger partial charge is 0.388 e. The zero-order valence-corrected chi connectivity index (χ0v) is 12.1. The summed E-state index contributed by atoms with van der Waals surface area (Å²) in [5.41, 5.74) is 1.63. The molecule has 3 rings (SSSR count). The molecular weight excluding hydrogens is 244 g/mol. The predicted octanol–water partition coefficient (Wildman–Crippen LogP) is 3.14. The van der Waals surface area contributed by atoms with Crippen LogP contribution in [-0.2, 0) is 6.42 Å². The summed E-state index contributed by atoms with van der Waals surface area (Å²) in [6.45, 7) is 6.91. The lowest BCUT2D eigenvalue weighted by molar-refractivity contribution is 0.160. The summed E-state index contributed by atoms with van der Waals surface area (Å²) in [6, 6.07) is 0. The summed E-state index contributed by atoms with van der Waals surface area (Å²) in [5, 5.41) is 11.1. The van der Waals surface area contributed by atoms with E-state index in [1.54, 1.807) is 11.3 Å². The fourth-order valence-electron chi connectivity index (χ4n) is 2.82. The zero-order valence-electron chi connectivity index (χ0n) is 11.3. The van der Waals surface area contributed by atoms with Crippen molar-refractivity contribution in [2.24, 2.45) is 5.41 Å². The van der Waals surface area contributed by atoms with Crippen molar-refractivity contribution >= 4 is 16.5 Å². The number of nitrogens with zero attached hydrogens (tertiary/aromatic N) is 2. The van der Waals surface area contributed by atoms with Crippen LogP contribution in [0.2, 0.25) is 0 Å². The van der Waals surface area contributed by atoms with Gasteiger partial charge >= 0.3 is 0 Å².